The molecule has 1 aliphatic heterocycles. The van der Waals surface area contributed by atoms with E-state index in [1.807, 2.05) is 29.1 Å². The van der Waals surface area contributed by atoms with Gasteiger partial charge in [0.2, 0.25) is 5.88 Å². The van der Waals surface area contributed by atoms with E-state index in [0.717, 1.165) is 45.8 Å². The van der Waals surface area contributed by atoms with Crippen LogP contribution in [0.4, 0.5) is 11.4 Å². The van der Waals surface area contributed by atoms with Crippen LogP contribution in [-0.2, 0) is 0 Å². The van der Waals surface area contributed by atoms with Crippen LogP contribution in [0.25, 0.3) is 21.3 Å². The first-order valence-corrected chi connectivity index (χ1v) is 9.74. The second-order valence-electron chi connectivity index (χ2n) is 6.52. The topological polar surface area (TPSA) is 64.0 Å². The number of fused-ring (bicyclic) bond motifs is 1. The molecule has 4 heterocycles. The van der Waals surface area contributed by atoms with E-state index in [9.17, 15) is 0 Å². The number of methoxy groups -OCH3 is 1. The van der Waals surface area contributed by atoms with E-state index in [2.05, 4.69) is 45.5 Å². The molecule has 27 heavy (non-hydrogen) atoms. The van der Waals surface area contributed by atoms with Crippen molar-refractivity contribution in [1.29, 1.82) is 0 Å². The Hall–Kier alpha value is -2.90. The minimum absolute atomic E-state index is 0.414. The monoisotopic (exact) mass is 377 g/mol. The van der Waals surface area contributed by atoms with Gasteiger partial charge >= 0.3 is 0 Å². The number of hydrogen-bond donors (Lipinski definition) is 2. The van der Waals surface area contributed by atoms with E-state index in [4.69, 9.17) is 9.72 Å². The SMILES string of the molecule is COc1nc(-c2cnn(C3CNC3)c2)c(Nc2ccccc2)c2sccc12. The highest BCUT2D eigenvalue weighted by molar-refractivity contribution is 7.18. The molecule has 5 rings (SSSR count). The van der Waals surface area contributed by atoms with Gasteiger partial charge in [0.05, 0.1) is 35.1 Å². The molecule has 0 unspecified atom stereocenters. The van der Waals surface area contributed by atoms with Gasteiger partial charge in [-0.3, -0.25) is 4.68 Å². The Labute approximate surface area is 160 Å². The van der Waals surface area contributed by atoms with E-state index >= 15 is 0 Å². The van der Waals surface area contributed by atoms with E-state index in [0.29, 0.717) is 11.9 Å². The van der Waals surface area contributed by atoms with Crippen molar-refractivity contribution in [1.82, 2.24) is 20.1 Å². The van der Waals surface area contributed by atoms with Crippen molar-refractivity contribution in [3.05, 3.63) is 54.2 Å². The Morgan fingerprint density at radius 3 is 2.81 bits per heavy atom. The molecule has 1 fully saturated rings. The van der Waals surface area contributed by atoms with Gasteiger partial charge < -0.3 is 15.4 Å². The number of hydrogen-bond acceptors (Lipinski definition) is 6. The van der Waals surface area contributed by atoms with Gasteiger partial charge in [0.25, 0.3) is 0 Å². The maximum absolute atomic E-state index is 5.57. The Morgan fingerprint density at radius 1 is 1.22 bits per heavy atom. The molecule has 0 aliphatic carbocycles. The molecular formula is C20H19N5OS. The number of nitrogens with one attached hydrogen (secondary N) is 2. The summed E-state index contributed by atoms with van der Waals surface area (Å²) in [5.41, 5.74) is 3.84. The molecule has 3 aromatic heterocycles. The lowest BCUT2D eigenvalue weighted by molar-refractivity contribution is 0.318. The molecule has 1 saturated heterocycles. The number of pyridine rings is 1. The van der Waals surface area contributed by atoms with Crippen LogP contribution in [0.2, 0.25) is 0 Å². The number of aromatic nitrogens is 3. The smallest absolute Gasteiger partial charge is 0.222 e. The summed E-state index contributed by atoms with van der Waals surface area (Å²) in [6, 6.07) is 12.6. The number of benzene rings is 1. The summed E-state index contributed by atoms with van der Waals surface area (Å²) >= 11 is 1.68. The van der Waals surface area contributed by atoms with Crippen LogP contribution in [0.3, 0.4) is 0 Å². The van der Waals surface area contributed by atoms with Gasteiger partial charge in [0, 0.05) is 30.5 Å². The third-order valence-electron chi connectivity index (χ3n) is 4.82. The van der Waals surface area contributed by atoms with Gasteiger partial charge in [0.15, 0.2) is 0 Å². The molecule has 136 valence electrons. The normalized spacial score (nSPS) is 14.3. The zero-order valence-electron chi connectivity index (χ0n) is 14.8. The van der Waals surface area contributed by atoms with Gasteiger partial charge in [0.1, 0.15) is 5.69 Å². The molecular weight excluding hydrogens is 358 g/mol. The molecule has 0 spiro atoms. The molecule has 2 N–H and O–H groups in total. The largest absolute Gasteiger partial charge is 0.481 e. The van der Waals surface area contributed by atoms with Gasteiger partial charge in [-0.15, -0.1) is 11.3 Å². The van der Waals surface area contributed by atoms with Crippen molar-refractivity contribution in [2.75, 3.05) is 25.5 Å². The first kappa shape index (κ1) is 16.3. The van der Waals surface area contributed by atoms with Crippen molar-refractivity contribution < 1.29 is 4.74 Å². The Kier molecular flexibility index (Phi) is 4.03. The average Bonchev–Trinajstić information content (AvgIpc) is 3.31. The van der Waals surface area contributed by atoms with Gasteiger partial charge in [-0.2, -0.15) is 5.10 Å². The van der Waals surface area contributed by atoms with Crippen molar-refractivity contribution in [2.45, 2.75) is 6.04 Å². The number of nitrogens with zero attached hydrogens (tertiary/aromatic N) is 3. The van der Waals surface area contributed by atoms with Crippen molar-refractivity contribution in [3.63, 3.8) is 0 Å². The lowest BCUT2D eigenvalue weighted by Gasteiger charge is -2.27. The van der Waals surface area contributed by atoms with E-state index in [-0.39, 0.29) is 0 Å². The number of anilines is 2. The lowest BCUT2D eigenvalue weighted by Crippen LogP contribution is -2.43. The van der Waals surface area contributed by atoms with Crippen LogP contribution < -0.4 is 15.4 Å². The van der Waals surface area contributed by atoms with Crippen molar-refractivity contribution in [3.8, 4) is 17.1 Å². The van der Waals surface area contributed by atoms with Crippen LogP contribution in [0.1, 0.15) is 6.04 Å². The molecule has 4 aromatic rings. The average molecular weight is 377 g/mol. The van der Waals surface area contributed by atoms with E-state index in [1.54, 1.807) is 18.4 Å². The quantitative estimate of drug-likeness (QED) is 0.549. The molecule has 0 saturated carbocycles. The van der Waals surface area contributed by atoms with Crippen LogP contribution in [0.15, 0.2) is 54.2 Å². The highest BCUT2D eigenvalue weighted by atomic mass is 32.1. The fraction of sp³-hybridized carbons (Fsp3) is 0.200. The predicted molar refractivity (Wildman–Crippen MR) is 109 cm³/mol. The number of thiophene rings is 1. The van der Waals surface area contributed by atoms with E-state index < -0.39 is 0 Å². The zero-order valence-corrected chi connectivity index (χ0v) is 15.7. The Morgan fingerprint density at radius 2 is 2.07 bits per heavy atom. The Bertz CT molecular complexity index is 1080. The fourth-order valence-electron chi connectivity index (χ4n) is 3.26. The van der Waals surface area contributed by atoms with Crippen LogP contribution >= 0.6 is 11.3 Å². The second-order valence-corrected chi connectivity index (χ2v) is 7.44. The van der Waals surface area contributed by atoms with Crippen molar-refractivity contribution in [2.24, 2.45) is 0 Å². The molecule has 6 nitrogen and oxygen atoms in total. The maximum atomic E-state index is 5.57. The molecule has 1 aromatic carbocycles. The highest BCUT2D eigenvalue weighted by Gasteiger charge is 2.22. The number of rotatable bonds is 5. The second kappa shape index (κ2) is 6.68. The summed E-state index contributed by atoms with van der Waals surface area (Å²) in [7, 11) is 1.66. The highest BCUT2D eigenvalue weighted by Crippen LogP contribution is 2.41. The molecule has 0 bridgehead atoms. The zero-order chi connectivity index (χ0) is 18.2. The summed E-state index contributed by atoms with van der Waals surface area (Å²) in [6.45, 7) is 1.91. The molecule has 0 atom stereocenters. The van der Waals surface area contributed by atoms with Crippen LogP contribution in [0, 0.1) is 0 Å². The maximum Gasteiger partial charge on any atom is 0.222 e. The van der Waals surface area contributed by atoms with Crippen LogP contribution in [-0.4, -0.2) is 35.0 Å². The molecule has 7 heteroatoms. The first-order chi connectivity index (χ1) is 13.3. The summed E-state index contributed by atoms with van der Waals surface area (Å²) in [6.07, 6.45) is 3.96. The van der Waals surface area contributed by atoms with Crippen molar-refractivity contribution >= 4 is 32.8 Å². The fourth-order valence-corrected chi connectivity index (χ4v) is 4.15. The standard InChI is InChI=1S/C20H19N5OS/c1-26-20-16-7-8-27-19(16)18(23-14-5-3-2-4-6-14)17(24-20)13-9-22-25(12-13)15-10-21-11-15/h2-9,12,15,21,23H,10-11H2,1H3. The minimum Gasteiger partial charge on any atom is -0.481 e. The minimum atomic E-state index is 0.414. The van der Waals surface area contributed by atoms with Gasteiger partial charge in [-0.1, -0.05) is 18.2 Å². The molecule has 1 aliphatic rings. The molecule has 0 amide bonds. The first-order valence-electron chi connectivity index (χ1n) is 8.86. The summed E-state index contributed by atoms with van der Waals surface area (Å²) in [5.74, 6) is 0.637. The predicted octanol–water partition coefficient (Wildman–Crippen LogP) is 4.06. The van der Waals surface area contributed by atoms with Gasteiger partial charge in [-0.25, -0.2) is 4.98 Å². The Balaban J connectivity index is 1.67. The summed E-state index contributed by atoms with van der Waals surface area (Å²) in [4.78, 5) is 4.83. The molecule has 0 radical (unpaired) electrons. The number of para-hydroxylation sites is 1. The summed E-state index contributed by atoms with van der Waals surface area (Å²) < 4.78 is 8.71. The van der Waals surface area contributed by atoms with E-state index in [1.165, 1.54) is 0 Å². The third-order valence-corrected chi connectivity index (χ3v) is 5.75. The van der Waals surface area contributed by atoms with Crippen LogP contribution in [0.5, 0.6) is 5.88 Å². The third kappa shape index (κ3) is 2.85. The van der Waals surface area contributed by atoms with Gasteiger partial charge in [-0.05, 0) is 23.6 Å². The number of ether oxygens (including phenoxy) is 1. The lowest BCUT2D eigenvalue weighted by atomic mass is 10.1. The summed E-state index contributed by atoms with van der Waals surface area (Å²) in [5, 5.41) is 14.5.